The fraction of sp³-hybridized carbons (Fsp3) is 0.625. The van der Waals surface area contributed by atoms with Gasteiger partial charge in [-0.15, -0.1) is 0 Å². The summed E-state index contributed by atoms with van der Waals surface area (Å²) in [5, 5.41) is 9.67. The van der Waals surface area contributed by atoms with Gasteiger partial charge in [-0.3, -0.25) is 0 Å². The van der Waals surface area contributed by atoms with Gasteiger partial charge in [0, 0.05) is 18.8 Å². The topological polar surface area (TPSA) is 49.5 Å². The molecule has 3 rings (SSSR count). The van der Waals surface area contributed by atoms with E-state index >= 15 is 0 Å². The maximum Gasteiger partial charge on any atom is 0.0631 e. The van der Waals surface area contributed by atoms with Crippen molar-refractivity contribution in [2.45, 2.75) is 38.1 Å². The third-order valence-corrected chi connectivity index (χ3v) is 4.62. The number of aliphatic hydroxyl groups is 1. The molecule has 0 amide bonds. The number of aliphatic hydroxyl groups excluding tert-OH is 1. The molecule has 1 aliphatic carbocycles. The molecule has 0 radical (unpaired) electrons. The number of benzene rings is 1. The normalized spacial score (nSPS) is 21.9. The van der Waals surface area contributed by atoms with Crippen LogP contribution in [0.25, 0.3) is 0 Å². The highest BCUT2D eigenvalue weighted by atomic mass is 16.3. The second-order valence-corrected chi connectivity index (χ2v) is 6.32. The lowest BCUT2D eigenvalue weighted by atomic mass is 9.92. The smallest absolute Gasteiger partial charge is 0.0631 e. The predicted octanol–water partition coefficient (Wildman–Crippen LogP) is 1.85. The van der Waals surface area contributed by atoms with Gasteiger partial charge in [-0.2, -0.15) is 0 Å². The van der Waals surface area contributed by atoms with E-state index in [2.05, 4.69) is 30.0 Å². The zero-order valence-corrected chi connectivity index (χ0v) is 11.7. The SMILES string of the molecule is Cc1ccc2c(c1)CCCN2CC(N)(CO)C1CC1. The summed E-state index contributed by atoms with van der Waals surface area (Å²) in [5.74, 6) is 0.508. The van der Waals surface area contributed by atoms with Crippen LogP contribution in [0.1, 0.15) is 30.4 Å². The quantitative estimate of drug-likeness (QED) is 0.868. The molecule has 0 bridgehead atoms. The molecule has 1 unspecified atom stereocenters. The maximum absolute atomic E-state index is 9.67. The van der Waals surface area contributed by atoms with Gasteiger partial charge in [0.15, 0.2) is 0 Å². The summed E-state index contributed by atoms with van der Waals surface area (Å²) < 4.78 is 0. The minimum atomic E-state index is -0.417. The zero-order chi connectivity index (χ0) is 13.5. The van der Waals surface area contributed by atoms with Crippen LogP contribution in [0.5, 0.6) is 0 Å². The van der Waals surface area contributed by atoms with Crippen molar-refractivity contribution in [2.75, 3.05) is 24.6 Å². The molecule has 1 aromatic carbocycles. The molecule has 2 aliphatic rings. The summed E-state index contributed by atoms with van der Waals surface area (Å²) in [6, 6.07) is 6.68. The average Bonchev–Trinajstić information content (AvgIpc) is 3.23. The van der Waals surface area contributed by atoms with Crippen LogP contribution in [0.2, 0.25) is 0 Å². The second kappa shape index (κ2) is 4.80. The third-order valence-electron chi connectivity index (χ3n) is 4.62. The summed E-state index contributed by atoms with van der Waals surface area (Å²) in [5.41, 5.74) is 10.1. The monoisotopic (exact) mass is 260 g/mol. The molecule has 1 aromatic rings. The van der Waals surface area contributed by atoms with Crippen LogP contribution >= 0.6 is 0 Å². The Labute approximate surface area is 115 Å². The van der Waals surface area contributed by atoms with Gasteiger partial charge in [-0.1, -0.05) is 17.7 Å². The largest absolute Gasteiger partial charge is 0.394 e. The molecule has 0 aromatic heterocycles. The molecule has 1 fully saturated rings. The molecule has 0 spiro atoms. The van der Waals surface area contributed by atoms with Gasteiger partial charge in [0.05, 0.1) is 12.1 Å². The van der Waals surface area contributed by atoms with Gasteiger partial charge in [0.2, 0.25) is 0 Å². The third kappa shape index (κ3) is 2.49. The molecule has 0 saturated heterocycles. The van der Waals surface area contributed by atoms with Crippen molar-refractivity contribution in [3.63, 3.8) is 0 Å². The van der Waals surface area contributed by atoms with E-state index in [4.69, 9.17) is 5.73 Å². The van der Waals surface area contributed by atoms with Crippen LogP contribution in [0.4, 0.5) is 5.69 Å². The van der Waals surface area contributed by atoms with Crippen LogP contribution in [0.3, 0.4) is 0 Å². The molecule has 19 heavy (non-hydrogen) atoms. The predicted molar refractivity (Wildman–Crippen MR) is 78.4 cm³/mol. The molecule has 1 aliphatic heterocycles. The summed E-state index contributed by atoms with van der Waals surface area (Å²) >= 11 is 0. The lowest BCUT2D eigenvalue weighted by Crippen LogP contribution is -2.55. The Balaban J connectivity index is 1.83. The summed E-state index contributed by atoms with van der Waals surface area (Å²) in [6.07, 6.45) is 4.69. The number of nitrogens with zero attached hydrogens (tertiary/aromatic N) is 1. The first-order valence-corrected chi connectivity index (χ1v) is 7.36. The maximum atomic E-state index is 9.67. The number of rotatable bonds is 4. The van der Waals surface area contributed by atoms with Crippen molar-refractivity contribution in [1.29, 1.82) is 0 Å². The molecule has 1 saturated carbocycles. The van der Waals surface area contributed by atoms with Crippen molar-refractivity contribution in [2.24, 2.45) is 11.7 Å². The number of aryl methyl sites for hydroxylation is 2. The molecule has 104 valence electrons. The Morgan fingerprint density at radius 1 is 1.42 bits per heavy atom. The van der Waals surface area contributed by atoms with E-state index in [1.165, 1.54) is 36.1 Å². The Morgan fingerprint density at radius 3 is 2.89 bits per heavy atom. The van der Waals surface area contributed by atoms with Gasteiger partial charge < -0.3 is 15.7 Å². The van der Waals surface area contributed by atoms with Gasteiger partial charge >= 0.3 is 0 Å². The number of fused-ring (bicyclic) bond motifs is 1. The number of hydrogen-bond donors (Lipinski definition) is 2. The van der Waals surface area contributed by atoms with E-state index in [0.717, 1.165) is 19.5 Å². The first-order chi connectivity index (χ1) is 9.12. The van der Waals surface area contributed by atoms with Crippen LogP contribution in [0, 0.1) is 12.8 Å². The van der Waals surface area contributed by atoms with E-state index in [0.29, 0.717) is 5.92 Å². The van der Waals surface area contributed by atoms with Crippen LogP contribution < -0.4 is 10.6 Å². The first kappa shape index (κ1) is 12.9. The molecule has 1 heterocycles. The van der Waals surface area contributed by atoms with E-state index in [9.17, 15) is 5.11 Å². The second-order valence-electron chi connectivity index (χ2n) is 6.32. The molecule has 1 atom stereocenters. The highest BCUT2D eigenvalue weighted by molar-refractivity contribution is 5.57. The summed E-state index contributed by atoms with van der Waals surface area (Å²) in [6.45, 7) is 4.08. The number of anilines is 1. The standard InChI is InChI=1S/C16H24N2O/c1-12-4-7-15-13(9-12)3-2-8-18(15)10-16(17,11-19)14-5-6-14/h4,7,9,14,19H,2-3,5-6,8,10-11,17H2,1H3. The molecular weight excluding hydrogens is 236 g/mol. The lowest BCUT2D eigenvalue weighted by molar-refractivity contribution is 0.179. The Bertz CT molecular complexity index is 470. The molecule has 3 heteroatoms. The van der Waals surface area contributed by atoms with Crippen molar-refractivity contribution in [3.8, 4) is 0 Å². The van der Waals surface area contributed by atoms with Gasteiger partial charge in [-0.05, 0) is 50.2 Å². The van der Waals surface area contributed by atoms with Crippen LogP contribution in [-0.2, 0) is 6.42 Å². The van der Waals surface area contributed by atoms with E-state index < -0.39 is 5.54 Å². The van der Waals surface area contributed by atoms with Crippen LogP contribution in [0.15, 0.2) is 18.2 Å². The van der Waals surface area contributed by atoms with Crippen LogP contribution in [-0.4, -0.2) is 30.3 Å². The molecular formula is C16H24N2O. The number of hydrogen-bond acceptors (Lipinski definition) is 3. The highest BCUT2D eigenvalue weighted by Gasteiger charge is 2.43. The van der Waals surface area contributed by atoms with Crippen molar-refractivity contribution < 1.29 is 5.11 Å². The minimum Gasteiger partial charge on any atom is -0.394 e. The van der Waals surface area contributed by atoms with E-state index in [1.807, 2.05) is 0 Å². The Hall–Kier alpha value is -1.06. The zero-order valence-electron chi connectivity index (χ0n) is 11.7. The Kier molecular flexibility index (Phi) is 3.27. The van der Waals surface area contributed by atoms with E-state index in [1.54, 1.807) is 0 Å². The summed E-state index contributed by atoms with van der Waals surface area (Å²) in [4.78, 5) is 2.38. The number of nitrogens with two attached hydrogens (primary N) is 1. The van der Waals surface area contributed by atoms with Crippen molar-refractivity contribution in [1.82, 2.24) is 0 Å². The molecule has 3 nitrogen and oxygen atoms in total. The first-order valence-electron chi connectivity index (χ1n) is 7.36. The fourth-order valence-corrected chi connectivity index (χ4v) is 3.29. The lowest BCUT2D eigenvalue weighted by Gasteiger charge is -2.39. The average molecular weight is 260 g/mol. The van der Waals surface area contributed by atoms with Gasteiger partial charge in [-0.25, -0.2) is 0 Å². The van der Waals surface area contributed by atoms with Crippen molar-refractivity contribution in [3.05, 3.63) is 29.3 Å². The fourth-order valence-electron chi connectivity index (χ4n) is 3.29. The van der Waals surface area contributed by atoms with Crippen molar-refractivity contribution >= 4 is 5.69 Å². The minimum absolute atomic E-state index is 0.0926. The molecule has 3 N–H and O–H groups in total. The highest BCUT2D eigenvalue weighted by Crippen LogP contribution is 2.40. The Morgan fingerprint density at radius 2 is 2.21 bits per heavy atom. The summed E-state index contributed by atoms with van der Waals surface area (Å²) in [7, 11) is 0. The van der Waals surface area contributed by atoms with Gasteiger partial charge in [0.25, 0.3) is 0 Å². The van der Waals surface area contributed by atoms with E-state index in [-0.39, 0.29) is 6.61 Å². The van der Waals surface area contributed by atoms with Gasteiger partial charge in [0.1, 0.15) is 0 Å².